The fraction of sp³-hybridized carbons (Fsp3) is 0.0769. The minimum absolute atomic E-state index is 0.145. The Bertz CT molecular complexity index is 618. The predicted molar refractivity (Wildman–Crippen MR) is 73.6 cm³/mol. The molecule has 2 aromatic carbocycles. The first-order chi connectivity index (χ1) is 9.28. The Morgan fingerprint density at radius 3 is 2.00 bits per heavy atom. The highest BCUT2D eigenvalue weighted by Gasteiger charge is 2.32. The topological polar surface area (TPSA) is 9.23 Å². The van der Waals surface area contributed by atoms with E-state index in [1.165, 1.54) is 30.3 Å². The first-order valence-electron chi connectivity index (χ1n) is 5.27. The lowest BCUT2D eigenvalue weighted by molar-refractivity contribution is -0.274. The molecule has 0 fully saturated rings. The minimum Gasteiger partial charge on any atom is -0.405 e. The molecule has 0 unspecified atom stereocenters. The van der Waals surface area contributed by atoms with Gasteiger partial charge in [0, 0.05) is 5.56 Å². The van der Waals surface area contributed by atoms with E-state index in [1.54, 1.807) is 6.07 Å². The summed E-state index contributed by atoms with van der Waals surface area (Å²) in [5.41, 5.74) is 0.592. The van der Waals surface area contributed by atoms with Gasteiger partial charge in [-0.1, -0.05) is 53.0 Å². The molecular formula is C13H6Cl3F3O. The van der Waals surface area contributed by atoms with E-state index in [0.717, 1.165) is 0 Å². The number of para-hydroxylation sites is 1. The summed E-state index contributed by atoms with van der Waals surface area (Å²) in [6.07, 6.45) is -4.78. The molecule has 0 aliphatic carbocycles. The Balaban J connectivity index is 2.53. The number of benzene rings is 2. The molecule has 106 valence electrons. The number of rotatable bonds is 2. The number of alkyl halides is 3. The van der Waals surface area contributed by atoms with Crippen molar-refractivity contribution in [1.29, 1.82) is 0 Å². The zero-order chi connectivity index (χ0) is 14.9. The highest BCUT2D eigenvalue weighted by Crippen LogP contribution is 2.39. The molecule has 0 aliphatic heterocycles. The molecule has 0 radical (unpaired) electrons. The Labute approximate surface area is 127 Å². The third-order valence-corrected chi connectivity index (χ3v) is 3.60. The average molecular weight is 342 g/mol. The first-order valence-corrected chi connectivity index (χ1v) is 6.41. The van der Waals surface area contributed by atoms with Crippen LogP contribution in [0.3, 0.4) is 0 Å². The van der Waals surface area contributed by atoms with Crippen molar-refractivity contribution in [2.45, 2.75) is 6.36 Å². The van der Waals surface area contributed by atoms with Gasteiger partial charge in [-0.25, -0.2) is 0 Å². The van der Waals surface area contributed by atoms with Crippen LogP contribution in [0.15, 0.2) is 36.4 Å². The molecule has 0 N–H and O–H groups in total. The van der Waals surface area contributed by atoms with Crippen LogP contribution in [0.2, 0.25) is 15.1 Å². The smallest absolute Gasteiger partial charge is 0.405 e. The summed E-state index contributed by atoms with van der Waals surface area (Å²) in [4.78, 5) is 0. The standard InChI is InChI=1S/C13H6Cl3F3O/c14-9-5-7(6-10(15)12(9)16)8-3-1-2-4-11(8)20-13(17,18)19/h1-6H. The molecule has 7 heteroatoms. The molecule has 0 bridgehead atoms. The van der Waals surface area contributed by atoms with Gasteiger partial charge in [0.1, 0.15) is 5.75 Å². The van der Waals surface area contributed by atoms with Gasteiger partial charge in [-0.3, -0.25) is 0 Å². The lowest BCUT2D eigenvalue weighted by Crippen LogP contribution is -2.17. The Morgan fingerprint density at radius 1 is 0.900 bits per heavy atom. The van der Waals surface area contributed by atoms with Crippen molar-refractivity contribution < 1.29 is 17.9 Å². The lowest BCUT2D eigenvalue weighted by Gasteiger charge is -2.14. The van der Waals surface area contributed by atoms with Gasteiger partial charge in [0.15, 0.2) is 0 Å². The summed E-state index contributed by atoms with van der Waals surface area (Å²) >= 11 is 17.6. The average Bonchev–Trinajstić information content (AvgIpc) is 2.34. The van der Waals surface area contributed by atoms with Gasteiger partial charge in [-0.05, 0) is 23.8 Å². The normalized spacial score (nSPS) is 11.5. The lowest BCUT2D eigenvalue weighted by atomic mass is 10.0. The van der Waals surface area contributed by atoms with E-state index in [4.69, 9.17) is 34.8 Å². The van der Waals surface area contributed by atoms with Crippen molar-refractivity contribution in [3.63, 3.8) is 0 Å². The van der Waals surface area contributed by atoms with E-state index in [9.17, 15) is 13.2 Å². The highest BCUT2D eigenvalue weighted by molar-refractivity contribution is 6.48. The second kappa shape index (κ2) is 5.72. The van der Waals surface area contributed by atoms with Crippen LogP contribution in [0.1, 0.15) is 0 Å². The van der Waals surface area contributed by atoms with Crippen LogP contribution in [0.5, 0.6) is 5.75 Å². The molecule has 20 heavy (non-hydrogen) atoms. The predicted octanol–water partition coefficient (Wildman–Crippen LogP) is 6.21. The molecule has 2 aromatic rings. The number of hydrogen-bond acceptors (Lipinski definition) is 1. The maximum atomic E-state index is 12.4. The number of hydrogen-bond donors (Lipinski definition) is 0. The fourth-order valence-corrected chi connectivity index (χ4v) is 2.23. The summed E-state index contributed by atoms with van der Waals surface area (Å²) in [5.74, 6) is -0.338. The summed E-state index contributed by atoms with van der Waals surface area (Å²) in [5, 5.41) is 0.443. The molecule has 0 saturated heterocycles. The highest BCUT2D eigenvalue weighted by atomic mass is 35.5. The van der Waals surface area contributed by atoms with Gasteiger partial charge in [-0.15, -0.1) is 13.2 Å². The number of ether oxygens (including phenoxy) is 1. The molecule has 0 saturated carbocycles. The maximum absolute atomic E-state index is 12.4. The van der Waals surface area contributed by atoms with Crippen LogP contribution in [0.25, 0.3) is 11.1 Å². The van der Waals surface area contributed by atoms with Crippen molar-refractivity contribution in [2.24, 2.45) is 0 Å². The van der Waals surface area contributed by atoms with Crippen molar-refractivity contribution >= 4 is 34.8 Å². The van der Waals surface area contributed by atoms with Crippen LogP contribution < -0.4 is 4.74 Å². The van der Waals surface area contributed by atoms with E-state index in [2.05, 4.69) is 4.74 Å². The summed E-state index contributed by atoms with van der Waals surface area (Å²) in [6.45, 7) is 0. The second-order valence-electron chi connectivity index (χ2n) is 3.80. The molecule has 0 heterocycles. The van der Waals surface area contributed by atoms with E-state index in [-0.39, 0.29) is 26.4 Å². The Hall–Kier alpha value is -1.10. The molecule has 0 aromatic heterocycles. The van der Waals surface area contributed by atoms with Gasteiger partial charge in [0.05, 0.1) is 15.1 Å². The zero-order valence-electron chi connectivity index (χ0n) is 9.64. The van der Waals surface area contributed by atoms with E-state index >= 15 is 0 Å². The Kier molecular flexibility index (Phi) is 4.37. The molecule has 0 amide bonds. The maximum Gasteiger partial charge on any atom is 0.573 e. The van der Waals surface area contributed by atoms with Crippen LogP contribution >= 0.6 is 34.8 Å². The SMILES string of the molecule is FC(F)(F)Oc1ccccc1-c1cc(Cl)c(Cl)c(Cl)c1. The second-order valence-corrected chi connectivity index (χ2v) is 4.99. The summed E-state index contributed by atoms with van der Waals surface area (Å²) in [7, 11) is 0. The van der Waals surface area contributed by atoms with Gasteiger partial charge < -0.3 is 4.74 Å². The van der Waals surface area contributed by atoms with Crippen LogP contribution in [-0.4, -0.2) is 6.36 Å². The number of halogens is 6. The third-order valence-electron chi connectivity index (χ3n) is 2.41. The summed E-state index contributed by atoms with van der Waals surface area (Å²) < 4.78 is 41.1. The van der Waals surface area contributed by atoms with Crippen molar-refractivity contribution in [2.75, 3.05) is 0 Å². The molecular weight excluding hydrogens is 335 g/mol. The zero-order valence-corrected chi connectivity index (χ0v) is 11.9. The van der Waals surface area contributed by atoms with Gasteiger partial charge in [0.2, 0.25) is 0 Å². The van der Waals surface area contributed by atoms with Gasteiger partial charge in [0.25, 0.3) is 0 Å². The Morgan fingerprint density at radius 2 is 1.45 bits per heavy atom. The molecule has 0 spiro atoms. The van der Waals surface area contributed by atoms with Crippen LogP contribution in [-0.2, 0) is 0 Å². The molecule has 0 atom stereocenters. The minimum atomic E-state index is -4.78. The molecule has 0 aliphatic rings. The first kappa shape index (κ1) is 15.3. The van der Waals surface area contributed by atoms with Gasteiger partial charge >= 0.3 is 6.36 Å². The van der Waals surface area contributed by atoms with Crippen molar-refractivity contribution in [3.05, 3.63) is 51.5 Å². The van der Waals surface area contributed by atoms with E-state index in [1.807, 2.05) is 0 Å². The summed E-state index contributed by atoms with van der Waals surface area (Å²) in [6, 6.07) is 8.54. The monoisotopic (exact) mass is 340 g/mol. The largest absolute Gasteiger partial charge is 0.573 e. The van der Waals surface area contributed by atoms with E-state index in [0.29, 0.717) is 5.56 Å². The van der Waals surface area contributed by atoms with Gasteiger partial charge in [-0.2, -0.15) is 0 Å². The third kappa shape index (κ3) is 3.51. The van der Waals surface area contributed by atoms with Crippen molar-refractivity contribution in [1.82, 2.24) is 0 Å². The van der Waals surface area contributed by atoms with E-state index < -0.39 is 6.36 Å². The fourth-order valence-electron chi connectivity index (χ4n) is 1.63. The molecule has 1 nitrogen and oxygen atoms in total. The molecule has 2 rings (SSSR count). The van der Waals surface area contributed by atoms with Crippen LogP contribution in [0, 0.1) is 0 Å². The van der Waals surface area contributed by atoms with Crippen LogP contribution in [0.4, 0.5) is 13.2 Å². The quantitative estimate of drug-likeness (QED) is 0.590. The van der Waals surface area contributed by atoms with Crippen molar-refractivity contribution in [3.8, 4) is 16.9 Å².